The standard InChI is InChI=1S/C13H16N2O2/c1-13(2,3)12(16)15-8-7-9-5-4-6-10(14-17)11(9)15/h4-6H,7-8H2,1-3H3. The van der Waals surface area contributed by atoms with Crippen molar-refractivity contribution in [2.75, 3.05) is 11.4 Å². The first-order valence-electron chi connectivity index (χ1n) is 5.72. The summed E-state index contributed by atoms with van der Waals surface area (Å²) in [7, 11) is 0. The molecular weight excluding hydrogens is 216 g/mol. The van der Waals surface area contributed by atoms with E-state index in [-0.39, 0.29) is 5.91 Å². The van der Waals surface area contributed by atoms with E-state index in [1.165, 1.54) is 0 Å². The van der Waals surface area contributed by atoms with Gasteiger partial charge < -0.3 is 4.90 Å². The van der Waals surface area contributed by atoms with Crippen molar-refractivity contribution < 1.29 is 4.79 Å². The van der Waals surface area contributed by atoms with Crippen LogP contribution in [0.1, 0.15) is 26.3 Å². The summed E-state index contributed by atoms with van der Waals surface area (Å²) in [5.74, 6) is 0.0346. The summed E-state index contributed by atoms with van der Waals surface area (Å²) in [5.41, 5.74) is 1.64. The van der Waals surface area contributed by atoms with Gasteiger partial charge in [-0.25, -0.2) is 0 Å². The zero-order valence-corrected chi connectivity index (χ0v) is 10.4. The van der Waals surface area contributed by atoms with Crippen LogP contribution >= 0.6 is 0 Å². The topological polar surface area (TPSA) is 49.7 Å². The summed E-state index contributed by atoms with van der Waals surface area (Å²) in [6.45, 7) is 6.27. The average molecular weight is 232 g/mol. The minimum atomic E-state index is -0.447. The maximum absolute atomic E-state index is 12.3. The number of carbonyl (C=O) groups excluding carboxylic acids is 1. The Morgan fingerprint density at radius 2 is 2.06 bits per heavy atom. The molecule has 0 saturated heterocycles. The van der Waals surface area contributed by atoms with E-state index in [1.54, 1.807) is 17.0 Å². The quantitative estimate of drug-likeness (QED) is 0.699. The number of carbonyl (C=O) groups is 1. The van der Waals surface area contributed by atoms with Gasteiger partial charge in [0, 0.05) is 12.0 Å². The third-order valence-corrected chi connectivity index (χ3v) is 2.96. The van der Waals surface area contributed by atoms with Gasteiger partial charge in [0.25, 0.3) is 0 Å². The number of rotatable bonds is 1. The lowest BCUT2D eigenvalue weighted by Crippen LogP contribution is -2.38. The Kier molecular flexibility index (Phi) is 2.73. The molecule has 1 aromatic carbocycles. The number of para-hydroxylation sites is 1. The normalized spacial score (nSPS) is 14.6. The van der Waals surface area contributed by atoms with E-state index in [1.807, 2.05) is 26.8 Å². The summed E-state index contributed by atoms with van der Waals surface area (Å²) in [4.78, 5) is 24.8. The third kappa shape index (κ3) is 1.95. The predicted molar refractivity (Wildman–Crippen MR) is 67.4 cm³/mol. The molecule has 0 fully saturated rings. The van der Waals surface area contributed by atoms with Gasteiger partial charge in [-0.2, -0.15) is 0 Å². The number of hydrogen-bond donors (Lipinski definition) is 0. The van der Waals surface area contributed by atoms with Crippen molar-refractivity contribution >= 4 is 17.3 Å². The van der Waals surface area contributed by atoms with Crippen molar-refractivity contribution in [2.45, 2.75) is 27.2 Å². The molecule has 1 aliphatic heterocycles. The van der Waals surface area contributed by atoms with Gasteiger partial charge in [-0.1, -0.05) is 32.9 Å². The lowest BCUT2D eigenvalue weighted by molar-refractivity contribution is -0.125. The number of amides is 1. The molecule has 0 spiro atoms. The molecule has 4 nitrogen and oxygen atoms in total. The van der Waals surface area contributed by atoms with Crippen LogP contribution in [0.2, 0.25) is 0 Å². The molecule has 17 heavy (non-hydrogen) atoms. The number of fused-ring (bicyclic) bond motifs is 1. The number of nitroso groups, excluding NO2 is 1. The maximum atomic E-state index is 12.3. The highest BCUT2D eigenvalue weighted by molar-refractivity contribution is 6.01. The monoisotopic (exact) mass is 232 g/mol. The molecule has 1 amide bonds. The number of hydrogen-bond acceptors (Lipinski definition) is 3. The van der Waals surface area contributed by atoms with E-state index in [2.05, 4.69) is 5.18 Å². The van der Waals surface area contributed by atoms with E-state index in [0.29, 0.717) is 17.9 Å². The Morgan fingerprint density at radius 1 is 1.35 bits per heavy atom. The van der Waals surface area contributed by atoms with Gasteiger partial charge in [0.1, 0.15) is 5.69 Å². The molecule has 1 aromatic rings. The second kappa shape index (κ2) is 3.95. The summed E-state index contributed by atoms with van der Waals surface area (Å²) >= 11 is 0. The fourth-order valence-electron chi connectivity index (χ4n) is 2.12. The van der Waals surface area contributed by atoms with Crippen LogP contribution in [0.15, 0.2) is 23.4 Å². The minimum absolute atomic E-state index is 0.0346. The van der Waals surface area contributed by atoms with Crippen molar-refractivity contribution in [2.24, 2.45) is 10.6 Å². The average Bonchev–Trinajstić information content (AvgIpc) is 2.70. The van der Waals surface area contributed by atoms with Crippen LogP contribution in [0.5, 0.6) is 0 Å². The number of benzene rings is 1. The highest BCUT2D eigenvalue weighted by Gasteiger charge is 2.34. The molecule has 0 N–H and O–H groups in total. The molecule has 0 unspecified atom stereocenters. The lowest BCUT2D eigenvalue weighted by Gasteiger charge is -2.26. The molecule has 0 aliphatic carbocycles. The molecule has 0 radical (unpaired) electrons. The van der Waals surface area contributed by atoms with E-state index in [9.17, 15) is 9.70 Å². The van der Waals surface area contributed by atoms with E-state index >= 15 is 0 Å². The van der Waals surface area contributed by atoms with Crippen LogP contribution in [0.25, 0.3) is 0 Å². The summed E-state index contributed by atoms with van der Waals surface area (Å²) in [5, 5.41) is 3.01. The molecule has 4 heteroatoms. The zero-order valence-electron chi connectivity index (χ0n) is 10.4. The molecular formula is C13H16N2O2. The molecule has 0 atom stereocenters. The Balaban J connectivity index is 2.46. The lowest BCUT2D eigenvalue weighted by atomic mass is 9.94. The molecule has 1 heterocycles. The Morgan fingerprint density at radius 3 is 2.65 bits per heavy atom. The fraction of sp³-hybridized carbons (Fsp3) is 0.462. The van der Waals surface area contributed by atoms with Crippen molar-refractivity contribution in [1.82, 2.24) is 0 Å². The van der Waals surface area contributed by atoms with Crippen molar-refractivity contribution in [3.05, 3.63) is 28.7 Å². The minimum Gasteiger partial charge on any atom is -0.309 e. The van der Waals surface area contributed by atoms with Crippen molar-refractivity contribution in [3.8, 4) is 0 Å². The van der Waals surface area contributed by atoms with Crippen LogP contribution in [-0.4, -0.2) is 12.5 Å². The number of anilines is 1. The van der Waals surface area contributed by atoms with Crippen molar-refractivity contribution in [1.29, 1.82) is 0 Å². The van der Waals surface area contributed by atoms with Gasteiger partial charge in [0.15, 0.2) is 0 Å². The molecule has 0 aromatic heterocycles. The molecule has 0 bridgehead atoms. The summed E-state index contributed by atoms with van der Waals surface area (Å²) < 4.78 is 0. The Labute approximate surface area is 101 Å². The summed E-state index contributed by atoms with van der Waals surface area (Å²) in [6, 6.07) is 5.40. The maximum Gasteiger partial charge on any atom is 0.232 e. The largest absolute Gasteiger partial charge is 0.309 e. The Hall–Kier alpha value is -1.71. The van der Waals surface area contributed by atoms with Gasteiger partial charge in [0.05, 0.1) is 5.69 Å². The first-order valence-corrected chi connectivity index (χ1v) is 5.72. The van der Waals surface area contributed by atoms with Crippen LogP contribution in [0.3, 0.4) is 0 Å². The third-order valence-electron chi connectivity index (χ3n) is 2.96. The van der Waals surface area contributed by atoms with Crippen LogP contribution in [0, 0.1) is 10.3 Å². The fourth-order valence-corrected chi connectivity index (χ4v) is 2.12. The highest BCUT2D eigenvalue weighted by Crippen LogP contribution is 2.39. The van der Waals surface area contributed by atoms with Gasteiger partial charge in [-0.15, -0.1) is 4.91 Å². The van der Waals surface area contributed by atoms with Gasteiger partial charge in [-0.3, -0.25) is 4.79 Å². The summed E-state index contributed by atoms with van der Waals surface area (Å²) in [6.07, 6.45) is 0.792. The first-order chi connectivity index (χ1) is 7.95. The SMILES string of the molecule is CC(C)(C)C(=O)N1CCc2cccc(N=O)c21. The molecule has 1 aliphatic rings. The smallest absolute Gasteiger partial charge is 0.232 e. The predicted octanol–water partition coefficient (Wildman–Crippen LogP) is 3.02. The molecule has 0 saturated carbocycles. The van der Waals surface area contributed by atoms with Crippen LogP contribution in [-0.2, 0) is 11.2 Å². The van der Waals surface area contributed by atoms with Crippen LogP contribution in [0.4, 0.5) is 11.4 Å². The van der Waals surface area contributed by atoms with Crippen LogP contribution < -0.4 is 4.90 Å². The van der Waals surface area contributed by atoms with Crippen molar-refractivity contribution in [3.63, 3.8) is 0 Å². The van der Waals surface area contributed by atoms with E-state index < -0.39 is 5.41 Å². The molecule has 90 valence electrons. The van der Waals surface area contributed by atoms with E-state index in [0.717, 1.165) is 12.0 Å². The Bertz CT molecular complexity index is 475. The van der Waals surface area contributed by atoms with E-state index in [4.69, 9.17) is 0 Å². The first kappa shape index (κ1) is 11.8. The van der Waals surface area contributed by atoms with Gasteiger partial charge in [-0.05, 0) is 23.2 Å². The zero-order chi connectivity index (χ0) is 12.6. The second-order valence-corrected chi connectivity index (χ2v) is 5.33. The second-order valence-electron chi connectivity index (χ2n) is 5.33. The van der Waals surface area contributed by atoms with Gasteiger partial charge in [0.2, 0.25) is 5.91 Å². The molecule has 2 rings (SSSR count). The highest BCUT2D eigenvalue weighted by atomic mass is 16.3. The number of nitrogens with zero attached hydrogens (tertiary/aromatic N) is 2. The van der Waals surface area contributed by atoms with Gasteiger partial charge >= 0.3 is 0 Å².